The average molecular weight is 313 g/mol. The predicted molar refractivity (Wildman–Crippen MR) is 97.5 cm³/mol. The van der Waals surface area contributed by atoms with Gasteiger partial charge in [-0.1, -0.05) is 32.9 Å². The zero-order valence-electron chi connectivity index (χ0n) is 14.7. The topological polar surface area (TPSA) is 53.1 Å². The first-order valence-corrected chi connectivity index (χ1v) is 7.93. The molecule has 0 amide bonds. The molecule has 0 aliphatic carbocycles. The molecule has 5 heteroatoms. The maximum absolute atomic E-state index is 4.28. The third-order valence-corrected chi connectivity index (χ3v) is 3.56. The summed E-state index contributed by atoms with van der Waals surface area (Å²) < 4.78 is 0. The summed E-state index contributed by atoms with van der Waals surface area (Å²) in [4.78, 5) is 10.6. The van der Waals surface area contributed by atoms with Gasteiger partial charge in [-0.05, 0) is 37.2 Å². The van der Waals surface area contributed by atoms with E-state index in [0.29, 0.717) is 0 Å². The number of hydrogen-bond donors (Lipinski definition) is 2. The van der Waals surface area contributed by atoms with Crippen LogP contribution in [0.4, 0.5) is 17.3 Å². The van der Waals surface area contributed by atoms with E-state index in [-0.39, 0.29) is 5.41 Å². The van der Waals surface area contributed by atoms with Crippen LogP contribution in [-0.4, -0.2) is 42.1 Å². The van der Waals surface area contributed by atoms with Crippen LogP contribution in [0.15, 0.2) is 36.7 Å². The Kier molecular flexibility index (Phi) is 5.55. The van der Waals surface area contributed by atoms with Crippen molar-refractivity contribution in [2.75, 3.05) is 37.8 Å². The predicted octanol–water partition coefficient (Wildman–Crippen LogP) is 3.49. The summed E-state index contributed by atoms with van der Waals surface area (Å²) in [7, 11) is 4.10. The Balaban J connectivity index is 2.00. The van der Waals surface area contributed by atoms with Gasteiger partial charge in [0, 0.05) is 24.8 Å². The third kappa shape index (κ3) is 5.53. The van der Waals surface area contributed by atoms with E-state index in [9.17, 15) is 0 Å². The summed E-state index contributed by atoms with van der Waals surface area (Å²) in [6.07, 6.45) is 1.57. The summed E-state index contributed by atoms with van der Waals surface area (Å²) in [6.45, 7) is 8.45. The number of anilines is 3. The highest BCUT2D eigenvalue weighted by Crippen LogP contribution is 2.24. The van der Waals surface area contributed by atoms with Crippen LogP contribution in [0.5, 0.6) is 0 Å². The molecule has 1 heterocycles. The number of rotatable bonds is 6. The van der Waals surface area contributed by atoms with Crippen molar-refractivity contribution in [1.29, 1.82) is 0 Å². The lowest BCUT2D eigenvalue weighted by Crippen LogP contribution is -2.21. The number of benzene rings is 1. The van der Waals surface area contributed by atoms with Crippen LogP contribution >= 0.6 is 0 Å². The molecule has 1 aromatic heterocycles. The molecule has 1 aromatic carbocycles. The Bertz CT molecular complexity index is 614. The molecule has 0 aliphatic heterocycles. The van der Waals surface area contributed by atoms with E-state index in [4.69, 9.17) is 0 Å². The van der Waals surface area contributed by atoms with E-state index in [1.807, 2.05) is 6.07 Å². The van der Waals surface area contributed by atoms with Crippen LogP contribution < -0.4 is 10.6 Å². The molecule has 0 bridgehead atoms. The van der Waals surface area contributed by atoms with Crippen molar-refractivity contribution in [1.82, 2.24) is 14.9 Å². The lowest BCUT2D eigenvalue weighted by molar-refractivity contribution is 0.425. The maximum atomic E-state index is 4.28. The van der Waals surface area contributed by atoms with E-state index < -0.39 is 0 Å². The van der Waals surface area contributed by atoms with Gasteiger partial charge in [-0.2, -0.15) is 0 Å². The Morgan fingerprint density at radius 1 is 1.00 bits per heavy atom. The summed E-state index contributed by atoms with van der Waals surface area (Å²) in [6, 6.07) is 10.4. The van der Waals surface area contributed by atoms with Crippen LogP contribution in [-0.2, 0) is 5.41 Å². The lowest BCUT2D eigenvalue weighted by Gasteiger charge is -2.19. The van der Waals surface area contributed by atoms with Crippen LogP contribution in [0.2, 0.25) is 0 Å². The summed E-state index contributed by atoms with van der Waals surface area (Å²) in [5.41, 5.74) is 2.50. The standard InChI is InChI=1S/C18H27N5/c1-18(2,3)14-6-8-15(9-7-14)22-17-12-16(20-13-21-17)19-10-11-23(4)5/h6-9,12-13H,10-11H2,1-5H3,(H2,19,20,21,22). The zero-order valence-corrected chi connectivity index (χ0v) is 14.7. The first-order valence-electron chi connectivity index (χ1n) is 7.93. The molecule has 0 fully saturated rings. The fraction of sp³-hybridized carbons (Fsp3) is 0.444. The van der Waals surface area contributed by atoms with Gasteiger partial charge in [0.05, 0.1) is 0 Å². The lowest BCUT2D eigenvalue weighted by atomic mass is 9.87. The van der Waals surface area contributed by atoms with E-state index in [0.717, 1.165) is 30.4 Å². The number of hydrogen-bond acceptors (Lipinski definition) is 5. The largest absolute Gasteiger partial charge is 0.369 e. The fourth-order valence-electron chi connectivity index (χ4n) is 2.13. The van der Waals surface area contributed by atoms with Crippen molar-refractivity contribution in [3.05, 3.63) is 42.2 Å². The number of nitrogens with one attached hydrogen (secondary N) is 2. The van der Waals surface area contributed by atoms with Gasteiger partial charge in [-0.25, -0.2) is 9.97 Å². The minimum Gasteiger partial charge on any atom is -0.369 e. The van der Waals surface area contributed by atoms with Gasteiger partial charge < -0.3 is 15.5 Å². The van der Waals surface area contributed by atoms with Crippen LogP contribution in [0, 0.1) is 0 Å². The van der Waals surface area contributed by atoms with Gasteiger partial charge in [-0.15, -0.1) is 0 Å². The first kappa shape index (κ1) is 17.2. The summed E-state index contributed by atoms with van der Waals surface area (Å²) in [5.74, 6) is 1.62. The van der Waals surface area contributed by atoms with E-state index in [1.165, 1.54) is 5.56 Å². The molecule has 0 spiro atoms. The van der Waals surface area contributed by atoms with Crippen LogP contribution in [0.1, 0.15) is 26.3 Å². The maximum Gasteiger partial charge on any atom is 0.135 e. The number of nitrogens with zero attached hydrogens (tertiary/aromatic N) is 3. The number of likely N-dealkylation sites (N-methyl/N-ethyl adjacent to an activating group) is 1. The summed E-state index contributed by atoms with van der Waals surface area (Å²) in [5, 5.41) is 6.62. The fourth-order valence-corrected chi connectivity index (χ4v) is 2.13. The molecule has 23 heavy (non-hydrogen) atoms. The quantitative estimate of drug-likeness (QED) is 0.855. The second-order valence-corrected chi connectivity index (χ2v) is 6.97. The van der Waals surface area contributed by atoms with Crippen molar-refractivity contribution < 1.29 is 0 Å². The van der Waals surface area contributed by atoms with E-state index in [1.54, 1.807) is 6.33 Å². The Labute approximate surface area is 139 Å². The molecule has 0 atom stereocenters. The van der Waals surface area contributed by atoms with Gasteiger partial charge in [0.25, 0.3) is 0 Å². The van der Waals surface area contributed by atoms with Crippen molar-refractivity contribution in [2.24, 2.45) is 0 Å². The molecule has 0 aliphatic rings. The van der Waals surface area contributed by atoms with E-state index >= 15 is 0 Å². The molecule has 5 nitrogen and oxygen atoms in total. The summed E-state index contributed by atoms with van der Waals surface area (Å²) >= 11 is 0. The monoisotopic (exact) mass is 313 g/mol. The second kappa shape index (κ2) is 7.42. The molecule has 2 rings (SSSR count). The SMILES string of the molecule is CN(C)CCNc1cc(Nc2ccc(C(C)(C)C)cc2)ncn1. The molecule has 2 N–H and O–H groups in total. The van der Waals surface area contributed by atoms with Crippen LogP contribution in [0.3, 0.4) is 0 Å². The normalized spacial score (nSPS) is 11.6. The van der Waals surface area contributed by atoms with E-state index in [2.05, 4.69) is 84.6 Å². The van der Waals surface area contributed by atoms with Gasteiger partial charge in [0.2, 0.25) is 0 Å². The molecular weight excluding hydrogens is 286 g/mol. The minimum absolute atomic E-state index is 0.164. The van der Waals surface area contributed by atoms with Crippen LogP contribution in [0.25, 0.3) is 0 Å². The Morgan fingerprint density at radius 3 is 2.26 bits per heavy atom. The molecular formula is C18H27N5. The Hall–Kier alpha value is -2.14. The van der Waals surface area contributed by atoms with Crippen molar-refractivity contribution in [3.8, 4) is 0 Å². The molecule has 0 saturated carbocycles. The van der Waals surface area contributed by atoms with Gasteiger partial charge >= 0.3 is 0 Å². The molecule has 0 radical (unpaired) electrons. The number of aromatic nitrogens is 2. The minimum atomic E-state index is 0.164. The average Bonchev–Trinajstić information content (AvgIpc) is 2.47. The van der Waals surface area contributed by atoms with Gasteiger partial charge in [0.1, 0.15) is 18.0 Å². The van der Waals surface area contributed by atoms with Gasteiger partial charge in [0.15, 0.2) is 0 Å². The molecule has 0 saturated heterocycles. The zero-order chi connectivity index (χ0) is 16.9. The highest BCUT2D eigenvalue weighted by Gasteiger charge is 2.12. The Morgan fingerprint density at radius 2 is 1.65 bits per heavy atom. The van der Waals surface area contributed by atoms with Crippen molar-refractivity contribution in [3.63, 3.8) is 0 Å². The molecule has 124 valence electrons. The highest BCUT2D eigenvalue weighted by atomic mass is 15.1. The molecule has 2 aromatic rings. The van der Waals surface area contributed by atoms with Crippen molar-refractivity contribution >= 4 is 17.3 Å². The van der Waals surface area contributed by atoms with Gasteiger partial charge in [-0.3, -0.25) is 0 Å². The van der Waals surface area contributed by atoms with Crippen molar-refractivity contribution in [2.45, 2.75) is 26.2 Å². The first-order chi connectivity index (χ1) is 10.8. The second-order valence-electron chi connectivity index (χ2n) is 6.97. The third-order valence-electron chi connectivity index (χ3n) is 3.56. The highest BCUT2D eigenvalue weighted by molar-refractivity contribution is 5.59. The molecule has 0 unspecified atom stereocenters. The smallest absolute Gasteiger partial charge is 0.135 e.